The number of ether oxygens (including phenoxy) is 2. The van der Waals surface area contributed by atoms with Crippen molar-refractivity contribution in [2.24, 2.45) is 0 Å². The van der Waals surface area contributed by atoms with Crippen molar-refractivity contribution in [3.05, 3.63) is 144 Å². The van der Waals surface area contributed by atoms with E-state index in [9.17, 15) is 0 Å². The molecule has 0 amide bonds. The van der Waals surface area contributed by atoms with Crippen LogP contribution in [0.4, 0.5) is 0 Å². The lowest BCUT2D eigenvalue weighted by atomic mass is 9.78. The fourth-order valence-corrected chi connectivity index (χ4v) is 6.42. The summed E-state index contributed by atoms with van der Waals surface area (Å²) in [6, 6.07) is 46.0. The van der Waals surface area contributed by atoms with Crippen LogP contribution in [0, 0.1) is 0 Å². The fourth-order valence-electron chi connectivity index (χ4n) is 6.42. The quantitative estimate of drug-likeness (QED) is 0.227. The Morgan fingerprint density at radius 1 is 0.553 bits per heavy atom. The van der Waals surface area contributed by atoms with Crippen LogP contribution in [0.2, 0.25) is 0 Å². The molecule has 1 heterocycles. The molecule has 2 heteroatoms. The molecule has 1 aliphatic heterocycles. The lowest BCUT2D eigenvalue weighted by molar-refractivity contribution is 0.00874. The van der Waals surface area contributed by atoms with Gasteiger partial charge in [0.15, 0.2) is 0 Å². The van der Waals surface area contributed by atoms with Gasteiger partial charge in [0.05, 0.1) is 13.2 Å². The summed E-state index contributed by atoms with van der Waals surface area (Å²) in [4.78, 5) is 0. The Morgan fingerprint density at radius 3 is 1.89 bits per heavy atom. The van der Waals surface area contributed by atoms with Crippen molar-refractivity contribution < 1.29 is 9.47 Å². The van der Waals surface area contributed by atoms with Gasteiger partial charge in [0.2, 0.25) is 0 Å². The highest BCUT2D eigenvalue weighted by Crippen LogP contribution is 2.57. The maximum absolute atomic E-state index is 7.21. The first-order chi connectivity index (χ1) is 18.8. The zero-order valence-electron chi connectivity index (χ0n) is 20.9. The summed E-state index contributed by atoms with van der Waals surface area (Å²) in [7, 11) is 0. The minimum absolute atomic E-state index is 0.141. The van der Waals surface area contributed by atoms with Gasteiger partial charge in [0.1, 0.15) is 11.7 Å². The zero-order valence-corrected chi connectivity index (χ0v) is 20.9. The Labute approximate surface area is 222 Å². The lowest BCUT2D eigenvalue weighted by Gasteiger charge is -2.35. The molecule has 8 rings (SSSR count). The lowest BCUT2D eigenvalue weighted by Crippen LogP contribution is -2.33. The molecule has 0 aromatic heterocycles. The van der Waals surface area contributed by atoms with Gasteiger partial charge in [0.25, 0.3) is 0 Å². The largest absolute Gasteiger partial charge is 0.371 e. The van der Waals surface area contributed by atoms with Crippen LogP contribution < -0.4 is 0 Å². The van der Waals surface area contributed by atoms with E-state index in [0.717, 1.165) is 6.61 Å². The molecular formula is C36H26O2. The van der Waals surface area contributed by atoms with E-state index in [0.29, 0.717) is 6.61 Å². The van der Waals surface area contributed by atoms with Gasteiger partial charge in [-0.1, -0.05) is 127 Å². The van der Waals surface area contributed by atoms with Crippen molar-refractivity contribution in [3.63, 3.8) is 0 Å². The average molecular weight is 491 g/mol. The normalized spacial score (nSPS) is 19.4. The molecule has 6 aromatic rings. The zero-order chi connectivity index (χ0) is 25.1. The molecule has 1 aliphatic carbocycles. The van der Waals surface area contributed by atoms with Crippen molar-refractivity contribution in [1.82, 2.24) is 0 Å². The molecule has 6 aromatic carbocycles. The Kier molecular flexibility index (Phi) is 4.81. The van der Waals surface area contributed by atoms with E-state index in [1.54, 1.807) is 0 Å². The molecule has 1 fully saturated rings. The Balaban J connectivity index is 1.52. The van der Waals surface area contributed by atoms with Crippen LogP contribution in [0.1, 0.15) is 16.7 Å². The van der Waals surface area contributed by atoms with Crippen LogP contribution in [0.5, 0.6) is 0 Å². The summed E-state index contributed by atoms with van der Waals surface area (Å²) in [5.74, 6) is 0. The average Bonchev–Trinajstić information content (AvgIpc) is 3.77. The minimum atomic E-state index is -0.772. The van der Waals surface area contributed by atoms with Crippen molar-refractivity contribution in [2.45, 2.75) is 11.7 Å². The predicted octanol–water partition coefficient (Wildman–Crippen LogP) is 8.35. The summed E-state index contributed by atoms with van der Waals surface area (Å²) >= 11 is 0. The molecule has 0 saturated carbocycles. The molecule has 38 heavy (non-hydrogen) atoms. The van der Waals surface area contributed by atoms with Crippen LogP contribution in [0.15, 0.2) is 127 Å². The molecule has 1 saturated heterocycles. The molecule has 0 N–H and O–H groups in total. The van der Waals surface area contributed by atoms with E-state index in [1.165, 1.54) is 60.5 Å². The molecule has 2 nitrogen and oxygen atoms in total. The summed E-state index contributed by atoms with van der Waals surface area (Å²) in [6.45, 7) is 1.30. The van der Waals surface area contributed by atoms with Gasteiger partial charge in [-0.05, 0) is 43.8 Å². The third kappa shape index (κ3) is 3.14. The van der Waals surface area contributed by atoms with Crippen LogP contribution in [0.25, 0.3) is 43.8 Å². The van der Waals surface area contributed by atoms with E-state index in [1.807, 2.05) is 0 Å². The van der Waals surface area contributed by atoms with E-state index < -0.39 is 5.60 Å². The Hall–Kier alpha value is -4.24. The summed E-state index contributed by atoms with van der Waals surface area (Å²) < 4.78 is 12.9. The van der Waals surface area contributed by atoms with Crippen molar-refractivity contribution in [1.29, 1.82) is 0 Å². The number of hydrogen-bond donors (Lipinski definition) is 0. The van der Waals surface area contributed by atoms with Crippen LogP contribution in [-0.4, -0.2) is 19.3 Å². The molecule has 2 unspecified atom stereocenters. The van der Waals surface area contributed by atoms with E-state index in [2.05, 4.69) is 127 Å². The second kappa shape index (κ2) is 8.39. The van der Waals surface area contributed by atoms with Crippen LogP contribution in [0.3, 0.4) is 0 Å². The number of epoxide rings is 1. The number of hydrogen-bond acceptors (Lipinski definition) is 2. The van der Waals surface area contributed by atoms with Gasteiger partial charge >= 0.3 is 0 Å². The molecule has 182 valence electrons. The number of benzene rings is 6. The third-order valence-corrected chi connectivity index (χ3v) is 8.15. The van der Waals surface area contributed by atoms with Crippen molar-refractivity contribution in [3.8, 4) is 22.3 Å². The molecular weight excluding hydrogens is 464 g/mol. The van der Waals surface area contributed by atoms with E-state index in [4.69, 9.17) is 9.47 Å². The maximum atomic E-state index is 7.21. The van der Waals surface area contributed by atoms with Gasteiger partial charge in [0, 0.05) is 16.7 Å². The van der Waals surface area contributed by atoms with Crippen LogP contribution >= 0.6 is 0 Å². The Morgan fingerprint density at radius 2 is 1.08 bits per heavy atom. The van der Waals surface area contributed by atoms with Gasteiger partial charge in [-0.2, -0.15) is 0 Å². The highest BCUT2D eigenvalue weighted by atomic mass is 16.6. The molecule has 2 atom stereocenters. The topological polar surface area (TPSA) is 21.8 Å². The fraction of sp³-hybridized carbons (Fsp3) is 0.111. The Bertz CT molecular complexity index is 1840. The van der Waals surface area contributed by atoms with Crippen molar-refractivity contribution >= 4 is 21.5 Å². The first-order valence-corrected chi connectivity index (χ1v) is 13.3. The van der Waals surface area contributed by atoms with Gasteiger partial charge < -0.3 is 9.47 Å². The van der Waals surface area contributed by atoms with E-state index in [-0.39, 0.29) is 6.10 Å². The SMILES string of the molecule is c1ccc2c(c1)-c1cccc(-c3cccc4ccccc34)c1C2(OCC1CO1)c1cccc2ccccc12. The molecule has 2 aliphatic rings. The summed E-state index contributed by atoms with van der Waals surface area (Å²) in [5, 5.41) is 4.91. The standard InChI is InChI=1S/C36H26O2/c1-3-14-27-24(10-1)12-7-17-29(27)31-18-9-19-32-30-16-5-6-20-34(30)36(35(31)32,38-23-26-22-37-26)33-21-8-13-25-11-2-4-15-28(25)33/h1-21,26H,22-23H2. The smallest absolute Gasteiger partial charge is 0.146 e. The summed E-state index contributed by atoms with van der Waals surface area (Å²) in [5.41, 5.74) is 7.71. The first-order valence-electron chi connectivity index (χ1n) is 13.3. The highest BCUT2D eigenvalue weighted by molar-refractivity contribution is 6.01. The molecule has 0 radical (unpaired) electrons. The summed E-state index contributed by atoms with van der Waals surface area (Å²) in [6.07, 6.45) is 0.141. The highest BCUT2D eigenvalue weighted by Gasteiger charge is 2.49. The maximum Gasteiger partial charge on any atom is 0.146 e. The third-order valence-electron chi connectivity index (χ3n) is 8.15. The van der Waals surface area contributed by atoms with Gasteiger partial charge in [-0.25, -0.2) is 0 Å². The van der Waals surface area contributed by atoms with E-state index >= 15 is 0 Å². The predicted molar refractivity (Wildman–Crippen MR) is 154 cm³/mol. The van der Waals surface area contributed by atoms with Crippen molar-refractivity contribution in [2.75, 3.05) is 13.2 Å². The second-order valence-electron chi connectivity index (χ2n) is 10.3. The number of fused-ring (bicyclic) bond motifs is 5. The molecule has 0 bridgehead atoms. The van der Waals surface area contributed by atoms with Gasteiger partial charge in [-0.15, -0.1) is 0 Å². The first kappa shape index (κ1) is 21.8. The van der Waals surface area contributed by atoms with Gasteiger partial charge in [-0.3, -0.25) is 0 Å². The molecule has 0 spiro atoms. The number of rotatable bonds is 5. The minimum Gasteiger partial charge on any atom is -0.371 e. The second-order valence-corrected chi connectivity index (χ2v) is 10.3. The monoisotopic (exact) mass is 490 g/mol. The van der Waals surface area contributed by atoms with Crippen LogP contribution in [-0.2, 0) is 15.1 Å².